The second kappa shape index (κ2) is 7.65. The predicted molar refractivity (Wildman–Crippen MR) is 105 cm³/mol. The summed E-state index contributed by atoms with van der Waals surface area (Å²) in [4.78, 5) is 16.8. The zero-order chi connectivity index (χ0) is 19.6. The van der Waals surface area contributed by atoms with E-state index >= 15 is 0 Å². The van der Waals surface area contributed by atoms with Crippen LogP contribution in [0.1, 0.15) is 43.7 Å². The molecule has 0 saturated carbocycles. The highest BCUT2D eigenvalue weighted by Gasteiger charge is 2.14. The molecule has 0 atom stereocenters. The summed E-state index contributed by atoms with van der Waals surface area (Å²) in [6.07, 6.45) is -0.209. The van der Waals surface area contributed by atoms with E-state index < -0.39 is 0 Å². The third kappa shape index (κ3) is 4.55. The lowest BCUT2D eigenvalue weighted by Crippen LogP contribution is -2.12. The van der Waals surface area contributed by atoms with Crippen molar-refractivity contribution in [3.8, 4) is 5.88 Å². The number of aromatic amines is 1. The van der Waals surface area contributed by atoms with Gasteiger partial charge in [0.2, 0.25) is 5.88 Å². The first-order valence-electron chi connectivity index (χ1n) is 8.93. The van der Waals surface area contributed by atoms with Crippen LogP contribution in [-0.2, 0) is 4.74 Å². The van der Waals surface area contributed by atoms with Gasteiger partial charge in [-0.3, -0.25) is 5.10 Å². The van der Waals surface area contributed by atoms with Crippen molar-refractivity contribution in [3.63, 3.8) is 0 Å². The maximum atomic E-state index is 12.2. The Hall–Kier alpha value is -3.09. The Balaban J connectivity index is 2.03. The average Bonchev–Trinajstić information content (AvgIpc) is 2.98. The number of carbonyl (C=O) groups excluding carboxylic acids is 1. The van der Waals surface area contributed by atoms with Crippen molar-refractivity contribution in [2.75, 3.05) is 5.32 Å². The van der Waals surface area contributed by atoms with Gasteiger partial charge in [0.1, 0.15) is 5.82 Å². The van der Waals surface area contributed by atoms with E-state index in [1.54, 1.807) is 12.1 Å². The fourth-order valence-corrected chi connectivity index (χ4v) is 2.63. The minimum absolute atomic E-state index is 0.0332. The lowest BCUT2D eigenvalue weighted by atomic mass is 10.1. The molecule has 0 bridgehead atoms. The number of nitrogens with one attached hydrogen (secondary N) is 2. The van der Waals surface area contributed by atoms with Gasteiger partial charge in [-0.1, -0.05) is 0 Å². The second-order valence-corrected chi connectivity index (χ2v) is 6.93. The van der Waals surface area contributed by atoms with Gasteiger partial charge in [0.05, 0.1) is 17.8 Å². The number of rotatable bonds is 6. The smallest absolute Gasteiger partial charge is 0.338 e. The zero-order valence-corrected chi connectivity index (χ0v) is 16.2. The number of pyridine rings is 1. The largest absolute Gasteiger partial charge is 0.474 e. The van der Waals surface area contributed by atoms with Crippen molar-refractivity contribution in [1.82, 2.24) is 15.2 Å². The third-order valence-electron chi connectivity index (χ3n) is 3.68. The van der Waals surface area contributed by atoms with Crippen LogP contribution in [0.4, 0.5) is 11.6 Å². The highest BCUT2D eigenvalue weighted by molar-refractivity contribution is 5.97. The van der Waals surface area contributed by atoms with Crippen LogP contribution in [0.2, 0.25) is 0 Å². The molecular weight excluding hydrogens is 344 g/mol. The first-order chi connectivity index (χ1) is 12.8. The monoisotopic (exact) mass is 368 g/mol. The van der Waals surface area contributed by atoms with Crippen molar-refractivity contribution < 1.29 is 14.3 Å². The number of ether oxygens (including phenoxy) is 2. The van der Waals surface area contributed by atoms with Gasteiger partial charge in [0, 0.05) is 17.1 Å². The van der Waals surface area contributed by atoms with E-state index in [2.05, 4.69) is 20.5 Å². The highest BCUT2D eigenvalue weighted by atomic mass is 16.5. The molecule has 0 unspecified atom stereocenters. The number of aromatic nitrogens is 3. The molecule has 142 valence electrons. The molecule has 2 aromatic heterocycles. The molecule has 0 aliphatic heterocycles. The Kier molecular flexibility index (Phi) is 5.30. The molecule has 3 rings (SSSR count). The number of esters is 1. The number of hydrogen-bond acceptors (Lipinski definition) is 6. The number of aryl methyl sites for hydroxylation is 1. The second-order valence-electron chi connectivity index (χ2n) is 6.93. The average molecular weight is 368 g/mol. The van der Waals surface area contributed by atoms with Crippen LogP contribution in [0.3, 0.4) is 0 Å². The van der Waals surface area contributed by atoms with E-state index in [4.69, 9.17) is 9.47 Å². The summed E-state index contributed by atoms with van der Waals surface area (Å²) in [5.41, 5.74) is 1.43. The number of benzene rings is 1. The summed E-state index contributed by atoms with van der Waals surface area (Å²) in [5.74, 6) is 1.39. The number of nitrogens with zero attached hydrogens (tertiary/aromatic N) is 2. The molecule has 0 aliphatic carbocycles. The molecule has 2 heterocycles. The minimum Gasteiger partial charge on any atom is -0.474 e. The van der Waals surface area contributed by atoms with Gasteiger partial charge in [0.25, 0.3) is 0 Å². The normalized spacial score (nSPS) is 11.2. The fourth-order valence-electron chi connectivity index (χ4n) is 2.63. The molecule has 3 aromatic rings. The number of carbonyl (C=O) groups is 1. The molecule has 0 radical (unpaired) electrons. The van der Waals surface area contributed by atoms with E-state index in [1.165, 1.54) is 0 Å². The highest BCUT2D eigenvalue weighted by Crippen LogP contribution is 2.29. The Labute approximate surface area is 158 Å². The molecule has 0 aliphatic rings. The Morgan fingerprint density at radius 2 is 1.85 bits per heavy atom. The molecule has 0 amide bonds. The molecule has 27 heavy (non-hydrogen) atoms. The van der Waals surface area contributed by atoms with Gasteiger partial charge < -0.3 is 14.8 Å². The van der Waals surface area contributed by atoms with Gasteiger partial charge in [-0.15, -0.1) is 0 Å². The SMILES string of the molecule is Cc1cc(Nc2cc3cc(C(=O)OC(C)C)ccc3c(OC(C)C)n2)n[nH]1. The van der Waals surface area contributed by atoms with Crippen molar-refractivity contribution in [2.24, 2.45) is 0 Å². The van der Waals surface area contributed by atoms with E-state index in [9.17, 15) is 4.79 Å². The van der Waals surface area contributed by atoms with Gasteiger partial charge in [-0.25, -0.2) is 4.79 Å². The molecule has 0 fully saturated rings. The number of H-pyrrole nitrogens is 1. The summed E-state index contributed by atoms with van der Waals surface area (Å²) in [7, 11) is 0. The topological polar surface area (TPSA) is 89.1 Å². The predicted octanol–water partition coefficient (Wildman–Crippen LogP) is 4.36. The number of fused-ring (bicyclic) bond motifs is 1. The van der Waals surface area contributed by atoms with Crippen molar-refractivity contribution in [2.45, 2.75) is 46.8 Å². The van der Waals surface area contributed by atoms with Crippen LogP contribution < -0.4 is 10.1 Å². The molecule has 7 heteroatoms. The lowest BCUT2D eigenvalue weighted by molar-refractivity contribution is 0.0378. The van der Waals surface area contributed by atoms with E-state index in [-0.39, 0.29) is 18.2 Å². The van der Waals surface area contributed by atoms with Gasteiger partial charge >= 0.3 is 5.97 Å². The maximum absolute atomic E-state index is 12.2. The van der Waals surface area contributed by atoms with Gasteiger partial charge in [0.15, 0.2) is 5.82 Å². The summed E-state index contributed by atoms with van der Waals surface area (Å²) in [6.45, 7) is 9.46. The summed E-state index contributed by atoms with van der Waals surface area (Å²) >= 11 is 0. The van der Waals surface area contributed by atoms with E-state index in [0.717, 1.165) is 16.5 Å². The number of hydrogen-bond donors (Lipinski definition) is 2. The van der Waals surface area contributed by atoms with Gasteiger partial charge in [-0.2, -0.15) is 10.1 Å². The van der Waals surface area contributed by atoms with Crippen LogP contribution >= 0.6 is 0 Å². The molecule has 2 N–H and O–H groups in total. The first kappa shape index (κ1) is 18.7. The van der Waals surface area contributed by atoms with E-state index in [0.29, 0.717) is 23.1 Å². The third-order valence-corrected chi connectivity index (χ3v) is 3.68. The van der Waals surface area contributed by atoms with Gasteiger partial charge in [-0.05, 0) is 64.3 Å². The minimum atomic E-state index is -0.354. The van der Waals surface area contributed by atoms with Crippen LogP contribution in [-0.4, -0.2) is 33.4 Å². The van der Waals surface area contributed by atoms with Crippen LogP contribution in [0.15, 0.2) is 30.3 Å². The molecule has 0 spiro atoms. The lowest BCUT2D eigenvalue weighted by Gasteiger charge is -2.14. The summed E-state index contributed by atoms with van der Waals surface area (Å²) < 4.78 is 11.2. The molecular formula is C20H24N4O3. The van der Waals surface area contributed by atoms with Crippen LogP contribution in [0, 0.1) is 6.92 Å². The van der Waals surface area contributed by atoms with Crippen molar-refractivity contribution >= 4 is 28.4 Å². The molecule has 0 saturated heterocycles. The fraction of sp³-hybridized carbons (Fsp3) is 0.350. The van der Waals surface area contributed by atoms with Crippen LogP contribution in [0.25, 0.3) is 10.8 Å². The summed E-state index contributed by atoms with van der Waals surface area (Å²) in [6, 6.07) is 9.09. The Morgan fingerprint density at radius 1 is 1.07 bits per heavy atom. The van der Waals surface area contributed by atoms with Crippen LogP contribution in [0.5, 0.6) is 5.88 Å². The quantitative estimate of drug-likeness (QED) is 0.628. The summed E-state index contributed by atoms with van der Waals surface area (Å²) in [5, 5.41) is 11.9. The van der Waals surface area contributed by atoms with E-state index in [1.807, 2.05) is 52.8 Å². The molecule has 7 nitrogen and oxygen atoms in total. The van der Waals surface area contributed by atoms with Crippen molar-refractivity contribution in [1.29, 1.82) is 0 Å². The number of anilines is 2. The Bertz CT molecular complexity index is 963. The molecule has 1 aromatic carbocycles. The standard InChI is InChI=1S/C20H24N4O3/c1-11(2)26-19-16-7-6-14(20(25)27-12(3)4)9-15(16)10-17(22-19)21-18-8-13(5)23-24-18/h6-12H,1-5H3,(H2,21,22,23,24). The van der Waals surface area contributed by atoms with Crippen molar-refractivity contribution in [3.05, 3.63) is 41.6 Å². The maximum Gasteiger partial charge on any atom is 0.338 e. The zero-order valence-electron chi connectivity index (χ0n) is 16.2. The Morgan fingerprint density at radius 3 is 2.48 bits per heavy atom. The first-order valence-corrected chi connectivity index (χ1v) is 8.93.